The summed E-state index contributed by atoms with van der Waals surface area (Å²) in [5.74, 6) is -0.735. The Labute approximate surface area is 167 Å². The Bertz CT molecular complexity index is 952. The summed E-state index contributed by atoms with van der Waals surface area (Å²) in [4.78, 5) is 11.3. The van der Waals surface area contributed by atoms with Crippen LogP contribution in [0.5, 0.6) is 0 Å². The number of carbonyl (C=O) groups is 1. The molecule has 0 saturated carbocycles. The maximum atomic E-state index is 14.1. The first-order valence-corrected chi connectivity index (χ1v) is 8.69. The highest BCUT2D eigenvalue weighted by molar-refractivity contribution is 6.32. The lowest BCUT2D eigenvalue weighted by Crippen LogP contribution is -2.33. The van der Waals surface area contributed by atoms with Gasteiger partial charge in [0.15, 0.2) is 0 Å². The number of anilines is 1. The van der Waals surface area contributed by atoms with Gasteiger partial charge in [-0.1, -0.05) is 18.2 Å². The lowest BCUT2D eigenvalue weighted by Gasteiger charge is -2.29. The maximum Gasteiger partial charge on any atom is 0.248 e. The Morgan fingerprint density at radius 2 is 2.00 bits per heavy atom. The van der Waals surface area contributed by atoms with Crippen LogP contribution in [0.4, 0.5) is 10.2 Å². The largest absolute Gasteiger partial charge is 0.405 e. The molecule has 5 N–H and O–H groups in total. The highest BCUT2D eigenvalue weighted by atomic mass is 35.5. The molecular formula is C20H21ClFN5O. The third kappa shape index (κ3) is 4.95. The Morgan fingerprint density at radius 3 is 2.57 bits per heavy atom. The molecular weight excluding hydrogens is 381 g/mol. The van der Waals surface area contributed by atoms with Gasteiger partial charge in [-0.05, 0) is 68.1 Å². The molecule has 8 heteroatoms. The third-order valence-electron chi connectivity index (χ3n) is 4.03. The first kappa shape index (κ1) is 21.1. The van der Waals surface area contributed by atoms with E-state index < -0.39 is 17.3 Å². The van der Waals surface area contributed by atoms with Crippen LogP contribution in [-0.2, 0) is 0 Å². The Kier molecular flexibility index (Phi) is 6.53. The molecule has 2 rings (SSSR count). The zero-order chi connectivity index (χ0) is 20.9. The summed E-state index contributed by atoms with van der Waals surface area (Å²) in [5, 5.41) is 11.7. The van der Waals surface area contributed by atoms with Crippen LogP contribution >= 0.6 is 11.6 Å². The quantitative estimate of drug-likeness (QED) is 0.613. The topological polar surface area (TPSA) is 107 Å². The molecule has 0 bridgehead atoms. The van der Waals surface area contributed by atoms with Crippen LogP contribution in [-0.4, -0.2) is 21.6 Å². The number of nitrogens with zero attached hydrogens (tertiary/aromatic N) is 2. The molecule has 0 spiro atoms. The van der Waals surface area contributed by atoms with Crippen molar-refractivity contribution in [2.45, 2.75) is 19.4 Å². The number of benzene rings is 1. The lowest BCUT2D eigenvalue weighted by molar-refractivity contribution is 0.100. The van der Waals surface area contributed by atoms with E-state index >= 15 is 0 Å². The fourth-order valence-corrected chi connectivity index (χ4v) is 2.66. The van der Waals surface area contributed by atoms with E-state index in [4.69, 9.17) is 23.1 Å². The van der Waals surface area contributed by atoms with Gasteiger partial charge in [0, 0.05) is 16.2 Å². The Balaban J connectivity index is 2.24. The highest BCUT2D eigenvalue weighted by Crippen LogP contribution is 2.29. The molecule has 0 aliphatic rings. The normalized spacial score (nSPS) is 12.2. The van der Waals surface area contributed by atoms with E-state index in [-0.39, 0.29) is 16.8 Å². The number of aromatic nitrogens is 2. The summed E-state index contributed by atoms with van der Waals surface area (Å²) in [6.07, 6.45) is 4.61. The van der Waals surface area contributed by atoms with Crippen molar-refractivity contribution in [2.24, 2.45) is 11.5 Å². The molecule has 146 valence electrons. The Morgan fingerprint density at radius 1 is 1.29 bits per heavy atom. The van der Waals surface area contributed by atoms with Crippen LogP contribution < -0.4 is 16.8 Å². The number of hydrogen-bond donors (Lipinski definition) is 3. The van der Waals surface area contributed by atoms with Gasteiger partial charge in [-0.3, -0.25) is 4.79 Å². The second kappa shape index (κ2) is 8.67. The van der Waals surface area contributed by atoms with Crippen molar-refractivity contribution in [1.29, 1.82) is 0 Å². The number of carbonyl (C=O) groups excluding carboxylic acids is 1. The minimum Gasteiger partial charge on any atom is -0.405 e. The molecule has 1 heterocycles. The standard InChI is InChI=1S/C20H21ClFN5O/c1-12(15(21)5-4-10-23)20(2,3)25-18-9-8-17(26-27-18)14-11-13(19(24)28)6-7-16(14)22/h4-11H,1,23H2,2-3H3,(H2,24,28)(H,25,27)/b10-4-,15-5+. The van der Waals surface area contributed by atoms with E-state index in [1.165, 1.54) is 24.4 Å². The molecule has 0 atom stereocenters. The van der Waals surface area contributed by atoms with Gasteiger partial charge >= 0.3 is 0 Å². The fourth-order valence-electron chi connectivity index (χ4n) is 2.35. The zero-order valence-electron chi connectivity index (χ0n) is 15.5. The van der Waals surface area contributed by atoms with E-state index in [1.807, 2.05) is 13.8 Å². The van der Waals surface area contributed by atoms with Crippen LogP contribution in [0.2, 0.25) is 0 Å². The van der Waals surface area contributed by atoms with E-state index in [0.29, 0.717) is 16.4 Å². The maximum absolute atomic E-state index is 14.1. The van der Waals surface area contributed by atoms with Crippen molar-refractivity contribution in [3.05, 3.63) is 77.2 Å². The number of nitrogens with one attached hydrogen (secondary N) is 1. The fraction of sp³-hybridized carbons (Fsp3) is 0.150. The number of allylic oxidation sites excluding steroid dienone is 2. The minimum atomic E-state index is -0.651. The lowest BCUT2D eigenvalue weighted by atomic mass is 9.94. The predicted molar refractivity (Wildman–Crippen MR) is 110 cm³/mol. The monoisotopic (exact) mass is 401 g/mol. The summed E-state index contributed by atoms with van der Waals surface area (Å²) in [5.41, 5.74) is 11.1. The predicted octanol–water partition coefficient (Wildman–Crippen LogP) is 3.72. The molecule has 0 radical (unpaired) electrons. The smallest absolute Gasteiger partial charge is 0.248 e. The first-order valence-electron chi connectivity index (χ1n) is 8.31. The molecule has 1 aromatic carbocycles. The van der Waals surface area contributed by atoms with Gasteiger partial charge < -0.3 is 16.8 Å². The SMILES string of the molecule is C=C(/C(Cl)=C\C=C/N)C(C)(C)Nc1ccc(-c2cc(C(N)=O)ccc2F)nn1. The number of rotatable bonds is 7. The Hall–Kier alpha value is -3.19. The van der Waals surface area contributed by atoms with Crippen molar-refractivity contribution in [1.82, 2.24) is 10.2 Å². The van der Waals surface area contributed by atoms with Gasteiger partial charge in [-0.15, -0.1) is 10.2 Å². The molecule has 0 fully saturated rings. The molecule has 0 unspecified atom stereocenters. The van der Waals surface area contributed by atoms with Crippen molar-refractivity contribution < 1.29 is 9.18 Å². The molecule has 2 aromatic rings. The summed E-state index contributed by atoms with van der Waals surface area (Å²) in [7, 11) is 0. The van der Waals surface area contributed by atoms with E-state index in [9.17, 15) is 9.18 Å². The highest BCUT2D eigenvalue weighted by Gasteiger charge is 2.24. The summed E-state index contributed by atoms with van der Waals surface area (Å²) in [6, 6.07) is 7.06. The van der Waals surface area contributed by atoms with E-state index in [2.05, 4.69) is 22.1 Å². The average Bonchev–Trinajstić information content (AvgIpc) is 2.66. The average molecular weight is 402 g/mol. The first-order chi connectivity index (χ1) is 13.2. The van der Waals surface area contributed by atoms with Crippen LogP contribution in [0.1, 0.15) is 24.2 Å². The molecule has 1 aromatic heterocycles. The van der Waals surface area contributed by atoms with Gasteiger partial charge in [0.2, 0.25) is 5.91 Å². The summed E-state index contributed by atoms with van der Waals surface area (Å²) in [6.45, 7) is 7.76. The van der Waals surface area contributed by atoms with E-state index in [0.717, 1.165) is 0 Å². The minimum absolute atomic E-state index is 0.138. The van der Waals surface area contributed by atoms with Gasteiger partial charge in [0.05, 0.1) is 11.2 Å². The van der Waals surface area contributed by atoms with Crippen molar-refractivity contribution in [3.8, 4) is 11.3 Å². The number of amides is 1. The van der Waals surface area contributed by atoms with Gasteiger partial charge in [-0.25, -0.2) is 4.39 Å². The molecule has 1 amide bonds. The van der Waals surface area contributed by atoms with Crippen molar-refractivity contribution in [3.63, 3.8) is 0 Å². The number of nitrogens with two attached hydrogens (primary N) is 2. The van der Waals surface area contributed by atoms with Gasteiger partial charge in [0.25, 0.3) is 0 Å². The van der Waals surface area contributed by atoms with E-state index in [1.54, 1.807) is 24.3 Å². The molecule has 0 saturated heterocycles. The van der Waals surface area contributed by atoms with Crippen molar-refractivity contribution >= 4 is 23.3 Å². The summed E-state index contributed by atoms with van der Waals surface area (Å²) >= 11 is 6.22. The second-order valence-corrected chi connectivity index (χ2v) is 6.90. The van der Waals surface area contributed by atoms with Gasteiger partial charge in [0.1, 0.15) is 11.6 Å². The molecule has 28 heavy (non-hydrogen) atoms. The molecule has 0 aliphatic carbocycles. The van der Waals surface area contributed by atoms with Crippen LogP contribution in [0.3, 0.4) is 0 Å². The second-order valence-electron chi connectivity index (χ2n) is 6.49. The number of hydrogen-bond acceptors (Lipinski definition) is 5. The third-order valence-corrected chi connectivity index (χ3v) is 4.38. The molecule has 0 aliphatic heterocycles. The summed E-state index contributed by atoms with van der Waals surface area (Å²) < 4.78 is 14.1. The number of primary amides is 1. The number of halogens is 2. The van der Waals surface area contributed by atoms with Crippen molar-refractivity contribution in [2.75, 3.05) is 5.32 Å². The van der Waals surface area contributed by atoms with Crippen LogP contribution in [0.15, 0.2) is 65.9 Å². The van der Waals surface area contributed by atoms with Crippen LogP contribution in [0.25, 0.3) is 11.3 Å². The van der Waals surface area contributed by atoms with Crippen LogP contribution in [0, 0.1) is 5.82 Å². The zero-order valence-corrected chi connectivity index (χ0v) is 16.3. The molecule has 6 nitrogen and oxygen atoms in total. The van der Waals surface area contributed by atoms with Gasteiger partial charge in [-0.2, -0.15) is 0 Å².